The van der Waals surface area contributed by atoms with Gasteiger partial charge in [0.1, 0.15) is 0 Å². The molecule has 5 nitrogen and oxygen atoms in total. The Kier molecular flexibility index (Phi) is 6.05. The fourth-order valence-electron chi connectivity index (χ4n) is 2.53. The van der Waals surface area contributed by atoms with Gasteiger partial charge in [0, 0.05) is 25.4 Å². The molecule has 2 heterocycles. The van der Waals surface area contributed by atoms with Gasteiger partial charge in [0.2, 0.25) is 11.8 Å². The maximum atomic E-state index is 5.59. The molecular formula is C15H26N4O. The van der Waals surface area contributed by atoms with Crippen LogP contribution in [0.4, 0.5) is 5.95 Å². The molecule has 5 heteroatoms. The first-order valence-electron chi connectivity index (χ1n) is 7.75. The highest BCUT2D eigenvalue weighted by Crippen LogP contribution is 2.21. The number of nitrogens with zero attached hydrogens (tertiary/aromatic N) is 3. The minimum atomic E-state index is 0.686. The van der Waals surface area contributed by atoms with Crippen LogP contribution in [0.15, 0.2) is 12.3 Å². The van der Waals surface area contributed by atoms with E-state index in [0.29, 0.717) is 18.4 Å². The second-order valence-electron chi connectivity index (χ2n) is 5.31. The predicted octanol–water partition coefficient (Wildman–Crippen LogP) is 2.09. The number of nitrogens with one attached hydrogen (secondary N) is 1. The number of aromatic nitrogens is 2. The molecule has 1 aliphatic rings. The Hall–Kier alpha value is -1.36. The number of piperidine rings is 1. The van der Waals surface area contributed by atoms with E-state index < -0.39 is 0 Å². The second kappa shape index (κ2) is 8.04. The van der Waals surface area contributed by atoms with Gasteiger partial charge >= 0.3 is 0 Å². The molecule has 112 valence electrons. The first-order chi connectivity index (χ1) is 9.83. The Morgan fingerprint density at radius 2 is 2.35 bits per heavy atom. The van der Waals surface area contributed by atoms with Gasteiger partial charge in [0.25, 0.3) is 0 Å². The third kappa shape index (κ3) is 4.34. The fraction of sp³-hybridized carbons (Fsp3) is 0.733. The third-order valence-corrected chi connectivity index (χ3v) is 3.56. The topological polar surface area (TPSA) is 50.3 Å². The number of hydrogen-bond acceptors (Lipinski definition) is 5. The van der Waals surface area contributed by atoms with Crippen LogP contribution in [-0.2, 0) is 0 Å². The predicted molar refractivity (Wildman–Crippen MR) is 81.3 cm³/mol. The molecule has 1 fully saturated rings. The summed E-state index contributed by atoms with van der Waals surface area (Å²) >= 11 is 0. The zero-order valence-corrected chi connectivity index (χ0v) is 12.6. The van der Waals surface area contributed by atoms with E-state index in [2.05, 4.69) is 34.0 Å². The summed E-state index contributed by atoms with van der Waals surface area (Å²) in [6, 6.07) is 1.83. The van der Waals surface area contributed by atoms with Gasteiger partial charge in [-0.2, -0.15) is 4.98 Å². The van der Waals surface area contributed by atoms with Gasteiger partial charge in [0.05, 0.1) is 6.61 Å². The van der Waals surface area contributed by atoms with Crippen molar-refractivity contribution in [3.63, 3.8) is 0 Å². The van der Waals surface area contributed by atoms with E-state index in [1.54, 1.807) is 6.20 Å². The monoisotopic (exact) mass is 278 g/mol. The normalized spacial score (nSPS) is 19.1. The number of ether oxygens (including phenoxy) is 1. The minimum Gasteiger partial charge on any atom is -0.478 e. The highest BCUT2D eigenvalue weighted by molar-refractivity contribution is 5.32. The largest absolute Gasteiger partial charge is 0.478 e. The summed E-state index contributed by atoms with van der Waals surface area (Å²) in [5.74, 6) is 2.18. The molecule has 20 heavy (non-hydrogen) atoms. The summed E-state index contributed by atoms with van der Waals surface area (Å²) < 4.78 is 5.59. The van der Waals surface area contributed by atoms with E-state index in [1.165, 1.54) is 12.8 Å². The van der Waals surface area contributed by atoms with Gasteiger partial charge in [-0.25, -0.2) is 4.98 Å². The average molecular weight is 278 g/mol. The van der Waals surface area contributed by atoms with E-state index in [1.807, 2.05) is 6.07 Å². The van der Waals surface area contributed by atoms with Crippen LogP contribution in [0.1, 0.15) is 33.1 Å². The second-order valence-corrected chi connectivity index (χ2v) is 5.31. The molecule has 1 saturated heterocycles. The molecule has 0 saturated carbocycles. The molecule has 1 N–H and O–H groups in total. The Morgan fingerprint density at radius 1 is 1.45 bits per heavy atom. The Bertz CT molecular complexity index is 399. The summed E-state index contributed by atoms with van der Waals surface area (Å²) in [4.78, 5) is 11.2. The number of rotatable bonds is 7. The van der Waals surface area contributed by atoms with E-state index in [-0.39, 0.29) is 0 Å². The quantitative estimate of drug-likeness (QED) is 0.827. The first kappa shape index (κ1) is 15.0. The summed E-state index contributed by atoms with van der Waals surface area (Å²) in [7, 11) is 0. The van der Waals surface area contributed by atoms with E-state index in [9.17, 15) is 0 Å². The smallest absolute Gasteiger partial charge is 0.228 e. The van der Waals surface area contributed by atoms with E-state index in [4.69, 9.17) is 4.74 Å². The molecule has 0 amide bonds. The van der Waals surface area contributed by atoms with Crippen molar-refractivity contribution in [2.24, 2.45) is 5.92 Å². The van der Waals surface area contributed by atoms with Gasteiger partial charge in [-0.3, -0.25) is 0 Å². The lowest BCUT2D eigenvalue weighted by molar-refractivity contribution is 0.304. The molecule has 1 aliphatic heterocycles. The van der Waals surface area contributed by atoms with Crippen LogP contribution >= 0.6 is 0 Å². The molecular weight excluding hydrogens is 252 g/mol. The zero-order valence-electron chi connectivity index (χ0n) is 12.6. The maximum absolute atomic E-state index is 5.59. The standard InChI is InChI=1S/C15H26N4O/c1-3-10-20-14-7-8-17-15(18-14)19-9-5-6-13(12-19)11-16-4-2/h7-8,13,16H,3-6,9-12H2,1-2H3. The SMILES string of the molecule is CCCOc1ccnc(N2CCCC(CNCC)C2)n1. The Labute approximate surface area is 121 Å². The molecule has 1 unspecified atom stereocenters. The maximum Gasteiger partial charge on any atom is 0.228 e. The van der Waals surface area contributed by atoms with Crippen molar-refractivity contribution >= 4 is 5.95 Å². The van der Waals surface area contributed by atoms with Crippen molar-refractivity contribution in [2.75, 3.05) is 37.7 Å². The van der Waals surface area contributed by atoms with Gasteiger partial charge < -0.3 is 15.0 Å². The molecule has 0 radical (unpaired) electrons. The van der Waals surface area contributed by atoms with Crippen LogP contribution < -0.4 is 15.0 Å². The van der Waals surface area contributed by atoms with Gasteiger partial charge in [0.15, 0.2) is 0 Å². The van der Waals surface area contributed by atoms with Crippen molar-refractivity contribution in [1.82, 2.24) is 15.3 Å². The lowest BCUT2D eigenvalue weighted by Crippen LogP contribution is -2.40. The molecule has 1 aromatic rings. The zero-order chi connectivity index (χ0) is 14.2. The molecule has 0 bridgehead atoms. The van der Waals surface area contributed by atoms with Crippen molar-refractivity contribution in [1.29, 1.82) is 0 Å². The molecule has 0 aliphatic carbocycles. The summed E-state index contributed by atoms with van der Waals surface area (Å²) in [6.45, 7) is 9.15. The molecule has 0 aromatic carbocycles. The van der Waals surface area contributed by atoms with Crippen LogP contribution in [0.5, 0.6) is 5.88 Å². The van der Waals surface area contributed by atoms with Crippen LogP contribution in [0.2, 0.25) is 0 Å². The first-order valence-corrected chi connectivity index (χ1v) is 7.75. The van der Waals surface area contributed by atoms with Crippen molar-refractivity contribution in [3.05, 3.63) is 12.3 Å². The summed E-state index contributed by atoms with van der Waals surface area (Å²) in [5.41, 5.74) is 0. The van der Waals surface area contributed by atoms with Crippen LogP contribution in [0.3, 0.4) is 0 Å². The highest BCUT2D eigenvalue weighted by Gasteiger charge is 2.21. The van der Waals surface area contributed by atoms with Crippen LogP contribution in [0, 0.1) is 5.92 Å². The molecule has 1 atom stereocenters. The van der Waals surface area contributed by atoms with Gasteiger partial charge in [-0.05, 0) is 38.3 Å². The van der Waals surface area contributed by atoms with Gasteiger partial charge in [-0.1, -0.05) is 13.8 Å². The number of anilines is 1. The van der Waals surface area contributed by atoms with E-state index >= 15 is 0 Å². The Balaban J connectivity index is 1.95. The lowest BCUT2D eigenvalue weighted by Gasteiger charge is -2.32. The lowest BCUT2D eigenvalue weighted by atomic mass is 9.98. The van der Waals surface area contributed by atoms with Crippen molar-refractivity contribution in [2.45, 2.75) is 33.1 Å². The van der Waals surface area contributed by atoms with Crippen molar-refractivity contribution in [3.8, 4) is 5.88 Å². The summed E-state index contributed by atoms with van der Waals surface area (Å²) in [5, 5.41) is 3.44. The minimum absolute atomic E-state index is 0.686. The molecule has 0 spiro atoms. The summed E-state index contributed by atoms with van der Waals surface area (Å²) in [6.07, 6.45) is 5.28. The van der Waals surface area contributed by atoms with Crippen molar-refractivity contribution < 1.29 is 4.74 Å². The number of hydrogen-bond donors (Lipinski definition) is 1. The van der Waals surface area contributed by atoms with Gasteiger partial charge in [-0.15, -0.1) is 0 Å². The van der Waals surface area contributed by atoms with Crippen LogP contribution in [0.25, 0.3) is 0 Å². The fourth-order valence-corrected chi connectivity index (χ4v) is 2.53. The highest BCUT2D eigenvalue weighted by atomic mass is 16.5. The Morgan fingerprint density at radius 3 is 3.15 bits per heavy atom. The van der Waals surface area contributed by atoms with E-state index in [0.717, 1.165) is 38.5 Å². The molecule has 1 aromatic heterocycles. The van der Waals surface area contributed by atoms with Crippen LogP contribution in [-0.4, -0.2) is 42.8 Å². The average Bonchev–Trinajstić information content (AvgIpc) is 2.51. The third-order valence-electron chi connectivity index (χ3n) is 3.56. The molecule has 2 rings (SSSR count).